The fourth-order valence-corrected chi connectivity index (χ4v) is 3.40. The van der Waals surface area contributed by atoms with E-state index in [0.717, 1.165) is 25.1 Å². The third-order valence-corrected chi connectivity index (χ3v) is 4.78. The highest BCUT2D eigenvalue weighted by molar-refractivity contribution is 6.30. The summed E-state index contributed by atoms with van der Waals surface area (Å²) >= 11 is 5.78. The molecule has 2 heterocycles. The van der Waals surface area contributed by atoms with E-state index in [0.29, 0.717) is 6.54 Å². The van der Waals surface area contributed by atoms with Crippen LogP contribution in [-0.4, -0.2) is 42.5 Å². The van der Waals surface area contributed by atoms with Crippen molar-refractivity contribution >= 4 is 17.5 Å². The average molecular weight is 342 g/mol. The van der Waals surface area contributed by atoms with Crippen molar-refractivity contribution in [3.63, 3.8) is 0 Å². The van der Waals surface area contributed by atoms with Gasteiger partial charge >= 0.3 is 0 Å². The second-order valence-corrected chi connectivity index (χ2v) is 6.26. The summed E-state index contributed by atoms with van der Waals surface area (Å²) in [7, 11) is 0. The second kappa shape index (κ2) is 7.11. The predicted molar refractivity (Wildman–Crippen MR) is 86.0 cm³/mol. The maximum atomic E-state index is 13.8. The quantitative estimate of drug-likeness (QED) is 0.649. The molecule has 3 rings (SSSR count). The van der Waals surface area contributed by atoms with Crippen molar-refractivity contribution in [2.45, 2.75) is 31.5 Å². The van der Waals surface area contributed by atoms with E-state index < -0.39 is 5.82 Å². The standard InChI is InChI=1S/C15H21ClFN5O/c1-2-22-6-5-12(19-15(23)13-8-18-21-20-13)14(22)9-3-4-10(16)11(17)7-9/h3-4,7,12-14,18,20-21H,2,5-6,8H2,1H3,(H,19,23). The predicted octanol–water partition coefficient (Wildman–Crippen LogP) is 0.712. The fraction of sp³-hybridized carbons (Fsp3) is 0.533. The lowest BCUT2D eigenvalue weighted by atomic mass is 9.99. The van der Waals surface area contributed by atoms with E-state index in [-0.39, 0.29) is 29.1 Å². The van der Waals surface area contributed by atoms with Crippen LogP contribution in [-0.2, 0) is 4.79 Å². The van der Waals surface area contributed by atoms with Gasteiger partial charge in [0.15, 0.2) is 0 Å². The Hall–Kier alpha value is -1.25. The minimum atomic E-state index is -0.428. The number of likely N-dealkylation sites (N-methyl/N-ethyl adjacent to an activating group) is 1. The number of carbonyl (C=O) groups is 1. The summed E-state index contributed by atoms with van der Waals surface area (Å²) in [6.45, 7) is 4.29. The van der Waals surface area contributed by atoms with E-state index in [2.05, 4.69) is 33.5 Å². The van der Waals surface area contributed by atoms with E-state index in [1.54, 1.807) is 6.07 Å². The van der Waals surface area contributed by atoms with Crippen molar-refractivity contribution in [1.29, 1.82) is 0 Å². The molecule has 0 spiro atoms. The number of hydrazine groups is 2. The van der Waals surface area contributed by atoms with Gasteiger partial charge < -0.3 is 5.32 Å². The van der Waals surface area contributed by atoms with Gasteiger partial charge in [-0.05, 0) is 30.7 Å². The molecule has 4 N–H and O–H groups in total. The highest BCUT2D eigenvalue weighted by Gasteiger charge is 2.37. The van der Waals surface area contributed by atoms with Gasteiger partial charge in [-0.25, -0.2) is 15.2 Å². The van der Waals surface area contributed by atoms with Gasteiger partial charge in [-0.15, -0.1) is 0 Å². The van der Waals surface area contributed by atoms with Gasteiger partial charge in [-0.1, -0.05) is 24.6 Å². The van der Waals surface area contributed by atoms with E-state index in [4.69, 9.17) is 11.6 Å². The first kappa shape index (κ1) is 16.6. The lowest BCUT2D eigenvalue weighted by Crippen LogP contribution is -2.49. The van der Waals surface area contributed by atoms with Crippen molar-refractivity contribution < 1.29 is 9.18 Å². The van der Waals surface area contributed by atoms with E-state index >= 15 is 0 Å². The molecule has 2 saturated heterocycles. The molecule has 23 heavy (non-hydrogen) atoms. The smallest absolute Gasteiger partial charge is 0.240 e. The number of hydrogen-bond acceptors (Lipinski definition) is 5. The van der Waals surface area contributed by atoms with Crippen molar-refractivity contribution in [2.75, 3.05) is 19.6 Å². The molecule has 2 aliphatic rings. The Morgan fingerprint density at radius 3 is 3.00 bits per heavy atom. The Morgan fingerprint density at radius 2 is 2.35 bits per heavy atom. The Balaban J connectivity index is 1.78. The molecular weight excluding hydrogens is 321 g/mol. The largest absolute Gasteiger partial charge is 0.350 e. The third kappa shape index (κ3) is 3.49. The van der Waals surface area contributed by atoms with Crippen LogP contribution in [0.3, 0.4) is 0 Å². The highest BCUT2D eigenvalue weighted by Crippen LogP contribution is 2.33. The molecule has 0 bridgehead atoms. The molecule has 3 atom stereocenters. The maximum Gasteiger partial charge on any atom is 0.240 e. The lowest BCUT2D eigenvalue weighted by Gasteiger charge is -2.29. The summed E-state index contributed by atoms with van der Waals surface area (Å²) in [5.74, 6) is -0.493. The Labute approximate surface area is 139 Å². The molecule has 8 heteroatoms. The number of hydrogen-bond donors (Lipinski definition) is 4. The van der Waals surface area contributed by atoms with Crippen molar-refractivity contribution in [3.05, 3.63) is 34.6 Å². The van der Waals surface area contributed by atoms with Crippen LogP contribution in [0.15, 0.2) is 18.2 Å². The first-order valence-electron chi connectivity index (χ1n) is 7.83. The Kier molecular flexibility index (Phi) is 5.13. The van der Waals surface area contributed by atoms with Crippen LogP contribution >= 0.6 is 11.6 Å². The molecule has 1 amide bonds. The number of amides is 1. The summed E-state index contributed by atoms with van der Waals surface area (Å²) in [6, 6.07) is 4.47. The zero-order valence-electron chi connectivity index (χ0n) is 12.9. The second-order valence-electron chi connectivity index (χ2n) is 5.85. The number of nitrogens with one attached hydrogen (secondary N) is 4. The Bertz CT molecular complexity index is 581. The van der Waals surface area contributed by atoms with E-state index in [1.165, 1.54) is 6.07 Å². The molecule has 0 aliphatic carbocycles. The normalized spacial score (nSPS) is 28.2. The topological polar surface area (TPSA) is 68.4 Å². The summed E-state index contributed by atoms with van der Waals surface area (Å²) < 4.78 is 13.8. The molecule has 1 aromatic carbocycles. The highest BCUT2D eigenvalue weighted by atomic mass is 35.5. The minimum Gasteiger partial charge on any atom is -0.350 e. The van der Waals surface area contributed by atoms with Crippen LogP contribution in [0.2, 0.25) is 5.02 Å². The zero-order chi connectivity index (χ0) is 16.4. The third-order valence-electron chi connectivity index (χ3n) is 4.48. The first-order chi connectivity index (χ1) is 11.1. The van der Waals surface area contributed by atoms with Crippen molar-refractivity contribution in [3.8, 4) is 0 Å². The van der Waals surface area contributed by atoms with Gasteiger partial charge in [0, 0.05) is 19.1 Å². The van der Waals surface area contributed by atoms with Crippen molar-refractivity contribution in [2.24, 2.45) is 0 Å². The minimum absolute atomic E-state index is 0.0435. The van der Waals surface area contributed by atoms with Gasteiger partial charge in [-0.2, -0.15) is 5.53 Å². The fourth-order valence-electron chi connectivity index (χ4n) is 3.29. The van der Waals surface area contributed by atoms with Crippen LogP contribution in [0.5, 0.6) is 0 Å². The van der Waals surface area contributed by atoms with E-state index in [9.17, 15) is 9.18 Å². The molecule has 2 fully saturated rings. The monoisotopic (exact) mass is 341 g/mol. The molecule has 1 aromatic rings. The zero-order valence-corrected chi connectivity index (χ0v) is 13.7. The summed E-state index contributed by atoms with van der Waals surface area (Å²) in [6.07, 6.45) is 0.835. The molecular formula is C15H21ClFN5O. The number of benzene rings is 1. The van der Waals surface area contributed by atoms with Crippen LogP contribution in [0, 0.1) is 5.82 Å². The molecule has 126 valence electrons. The van der Waals surface area contributed by atoms with Gasteiger partial charge in [-0.3, -0.25) is 9.69 Å². The molecule has 0 radical (unpaired) electrons. The summed E-state index contributed by atoms with van der Waals surface area (Å²) in [5.41, 5.74) is 9.28. The van der Waals surface area contributed by atoms with Crippen LogP contribution < -0.4 is 21.7 Å². The number of likely N-dealkylation sites (tertiary alicyclic amines) is 1. The Morgan fingerprint density at radius 1 is 1.52 bits per heavy atom. The average Bonchev–Trinajstić information content (AvgIpc) is 3.19. The summed E-state index contributed by atoms with van der Waals surface area (Å²) in [5, 5.41) is 3.20. The first-order valence-corrected chi connectivity index (χ1v) is 8.20. The maximum absolute atomic E-state index is 13.8. The van der Waals surface area contributed by atoms with Gasteiger partial charge in [0.05, 0.1) is 11.1 Å². The number of halogens is 2. The van der Waals surface area contributed by atoms with Crippen LogP contribution in [0.1, 0.15) is 24.9 Å². The molecule has 2 aliphatic heterocycles. The number of carbonyl (C=O) groups excluding carboxylic acids is 1. The van der Waals surface area contributed by atoms with Crippen molar-refractivity contribution in [1.82, 2.24) is 26.6 Å². The van der Waals surface area contributed by atoms with Gasteiger partial charge in [0.2, 0.25) is 5.91 Å². The van der Waals surface area contributed by atoms with E-state index in [1.807, 2.05) is 6.07 Å². The van der Waals surface area contributed by atoms with Crippen LogP contribution in [0.25, 0.3) is 0 Å². The van der Waals surface area contributed by atoms with Gasteiger partial charge in [0.25, 0.3) is 0 Å². The molecule has 6 nitrogen and oxygen atoms in total. The molecule has 0 saturated carbocycles. The molecule has 3 unspecified atom stereocenters. The number of rotatable bonds is 4. The van der Waals surface area contributed by atoms with Crippen LogP contribution in [0.4, 0.5) is 4.39 Å². The number of nitrogens with zero attached hydrogens (tertiary/aromatic N) is 1. The molecule has 0 aromatic heterocycles. The lowest BCUT2D eigenvalue weighted by molar-refractivity contribution is -0.123. The SMILES string of the molecule is CCN1CCC(NC(=O)C2CNNN2)C1c1ccc(Cl)c(F)c1. The van der Waals surface area contributed by atoms with Gasteiger partial charge in [0.1, 0.15) is 11.9 Å². The summed E-state index contributed by atoms with van der Waals surface area (Å²) in [4.78, 5) is 14.6.